The van der Waals surface area contributed by atoms with Crippen LogP contribution in [0.25, 0.3) is 0 Å². The second kappa shape index (κ2) is 5.97. The lowest BCUT2D eigenvalue weighted by molar-refractivity contribution is 0.883. The molecule has 0 aliphatic rings. The summed E-state index contributed by atoms with van der Waals surface area (Å²) in [6.45, 7) is 4.15. The molecular weight excluding hydrogens is 368 g/mol. The van der Waals surface area contributed by atoms with Crippen LogP contribution >= 0.6 is 31.9 Å². The molecule has 100 valence electrons. The summed E-state index contributed by atoms with van der Waals surface area (Å²) in [6, 6.07) is 12.6. The molecule has 1 unspecified atom stereocenters. The molecule has 0 radical (unpaired) electrons. The van der Waals surface area contributed by atoms with Crippen molar-refractivity contribution in [1.82, 2.24) is 0 Å². The number of nitrogen functional groups attached to an aromatic ring is 1. The lowest BCUT2D eigenvalue weighted by atomic mass is 10.1. The van der Waals surface area contributed by atoms with Crippen molar-refractivity contribution < 1.29 is 0 Å². The van der Waals surface area contributed by atoms with Gasteiger partial charge >= 0.3 is 0 Å². The first-order valence-electron chi connectivity index (χ1n) is 6.05. The molecular formula is C15H16Br2N2. The van der Waals surface area contributed by atoms with Gasteiger partial charge < -0.3 is 11.1 Å². The molecule has 2 nitrogen and oxygen atoms in total. The van der Waals surface area contributed by atoms with Gasteiger partial charge in [-0.15, -0.1) is 0 Å². The Kier molecular flexibility index (Phi) is 4.53. The van der Waals surface area contributed by atoms with Crippen molar-refractivity contribution in [3.63, 3.8) is 0 Å². The zero-order chi connectivity index (χ0) is 14.0. The van der Waals surface area contributed by atoms with Crippen molar-refractivity contribution in [3.05, 3.63) is 56.5 Å². The van der Waals surface area contributed by atoms with Crippen molar-refractivity contribution in [1.29, 1.82) is 0 Å². The molecule has 3 N–H and O–H groups in total. The van der Waals surface area contributed by atoms with Crippen LogP contribution in [0.15, 0.2) is 45.3 Å². The predicted octanol–water partition coefficient (Wildman–Crippen LogP) is 5.28. The first kappa shape index (κ1) is 14.4. The van der Waals surface area contributed by atoms with Gasteiger partial charge in [-0.05, 0) is 65.2 Å². The normalized spacial score (nSPS) is 12.2. The Morgan fingerprint density at radius 3 is 2.37 bits per heavy atom. The maximum Gasteiger partial charge on any atom is 0.0493 e. The van der Waals surface area contributed by atoms with Crippen LogP contribution in [0.5, 0.6) is 0 Å². The van der Waals surface area contributed by atoms with Gasteiger partial charge in [-0.3, -0.25) is 0 Å². The molecule has 0 bridgehead atoms. The van der Waals surface area contributed by atoms with E-state index in [-0.39, 0.29) is 6.04 Å². The van der Waals surface area contributed by atoms with Gasteiger partial charge in [-0.2, -0.15) is 0 Å². The van der Waals surface area contributed by atoms with Crippen LogP contribution in [-0.2, 0) is 0 Å². The third-order valence-electron chi connectivity index (χ3n) is 3.10. The Bertz CT molecular complexity index is 579. The summed E-state index contributed by atoms with van der Waals surface area (Å²) < 4.78 is 2.08. The van der Waals surface area contributed by atoms with E-state index in [2.05, 4.69) is 74.4 Å². The van der Waals surface area contributed by atoms with Crippen LogP contribution in [0.2, 0.25) is 0 Å². The van der Waals surface area contributed by atoms with Crippen molar-refractivity contribution in [2.24, 2.45) is 0 Å². The zero-order valence-corrected chi connectivity index (χ0v) is 14.0. The van der Waals surface area contributed by atoms with E-state index in [1.165, 1.54) is 5.56 Å². The number of anilines is 2. The highest BCUT2D eigenvalue weighted by Crippen LogP contribution is 2.30. The summed E-state index contributed by atoms with van der Waals surface area (Å²) in [6.07, 6.45) is 0. The molecule has 0 aliphatic carbocycles. The quantitative estimate of drug-likeness (QED) is 0.708. The number of nitrogens with two attached hydrogens (primary N) is 1. The van der Waals surface area contributed by atoms with E-state index in [9.17, 15) is 0 Å². The molecule has 0 spiro atoms. The minimum atomic E-state index is 0.229. The first-order valence-corrected chi connectivity index (χ1v) is 7.63. The van der Waals surface area contributed by atoms with Gasteiger partial charge in [0.05, 0.1) is 0 Å². The number of hydrogen-bond acceptors (Lipinski definition) is 2. The third kappa shape index (κ3) is 3.51. The molecule has 2 aromatic rings. The molecule has 0 aliphatic heterocycles. The lowest BCUT2D eigenvalue weighted by Crippen LogP contribution is -2.07. The number of nitrogens with one attached hydrogen (secondary N) is 1. The van der Waals surface area contributed by atoms with Crippen LogP contribution in [0.3, 0.4) is 0 Å². The van der Waals surface area contributed by atoms with E-state index in [4.69, 9.17) is 5.73 Å². The third-order valence-corrected chi connectivity index (χ3v) is 4.28. The molecule has 2 rings (SSSR count). The molecule has 4 heteroatoms. The van der Waals surface area contributed by atoms with E-state index >= 15 is 0 Å². The summed E-state index contributed by atoms with van der Waals surface area (Å²) in [5.41, 5.74) is 10.1. The van der Waals surface area contributed by atoms with Crippen LogP contribution in [0, 0.1) is 6.92 Å². The number of aryl methyl sites for hydroxylation is 1. The van der Waals surface area contributed by atoms with E-state index in [0.717, 1.165) is 25.9 Å². The van der Waals surface area contributed by atoms with Gasteiger partial charge in [0.15, 0.2) is 0 Å². The molecule has 1 atom stereocenters. The largest absolute Gasteiger partial charge is 0.398 e. The van der Waals surface area contributed by atoms with Crippen LogP contribution < -0.4 is 11.1 Å². The first-order chi connectivity index (χ1) is 8.97. The molecule has 0 saturated heterocycles. The fourth-order valence-corrected chi connectivity index (χ4v) is 2.62. The van der Waals surface area contributed by atoms with Crippen molar-refractivity contribution in [2.45, 2.75) is 19.9 Å². The average Bonchev–Trinajstić information content (AvgIpc) is 2.36. The second-order valence-corrected chi connectivity index (χ2v) is 6.38. The maximum absolute atomic E-state index is 5.89. The minimum absolute atomic E-state index is 0.229. The fourth-order valence-electron chi connectivity index (χ4n) is 1.88. The highest BCUT2D eigenvalue weighted by atomic mass is 79.9. The Morgan fingerprint density at radius 2 is 1.74 bits per heavy atom. The summed E-state index contributed by atoms with van der Waals surface area (Å²) >= 11 is 6.99. The average molecular weight is 384 g/mol. The number of benzene rings is 2. The molecule has 2 aromatic carbocycles. The van der Waals surface area contributed by atoms with E-state index in [1.807, 2.05) is 13.0 Å². The van der Waals surface area contributed by atoms with Gasteiger partial charge in [-0.1, -0.05) is 28.1 Å². The van der Waals surface area contributed by atoms with Crippen molar-refractivity contribution >= 4 is 43.2 Å². The Labute approximate surface area is 130 Å². The number of rotatable bonds is 3. The van der Waals surface area contributed by atoms with Crippen molar-refractivity contribution in [2.75, 3.05) is 11.1 Å². The van der Waals surface area contributed by atoms with Crippen LogP contribution in [0.4, 0.5) is 11.4 Å². The summed E-state index contributed by atoms with van der Waals surface area (Å²) in [4.78, 5) is 0. The maximum atomic E-state index is 5.89. The Balaban J connectivity index is 2.21. The second-order valence-electron chi connectivity index (χ2n) is 4.61. The monoisotopic (exact) mass is 382 g/mol. The minimum Gasteiger partial charge on any atom is -0.398 e. The molecule has 0 aromatic heterocycles. The fraction of sp³-hybridized carbons (Fsp3) is 0.200. The summed E-state index contributed by atoms with van der Waals surface area (Å²) in [7, 11) is 0. The van der Waals surface area contributed by atoms with Crippen molar-refractivity contribution in [3.8, 4) is 0 Å². The summed E-state index contributed by atoms with van der Waals surface area (Å²) in [5, 5.41) is 3.50. The van der Waals surface area contributed by atoms with Crippen LogP contribution in [-0.4, -0.2) is 0 Å². The molecule has 19 heavy (non-hydrogen) atoms. The van der Waals surface area contributed by atoms with Gasteiger partial charge in [0.2, 0.25) is 0 Å². The predicted molar refractivity (Wildman–Crippen MR) is 89.5 cm³/mol. The van der Waals surface area contributed by atoms with Gasteiger partial charge in [0, 0.05) is 26.4 Å². The van der Waals surface area contributed by atoms with Gasteiger partial charge in [-0.25, -0.2) is 0 Å². The smallest absolute Gasteiger partial charge is 0.0493 e. The lowest BCUT2D eigenvalue weighted by Gasteiger charge is -2.18. The SMILES string of the molecule is Cc1cc(NC(C)c2ccc(Br)cc2)c(Br)cc1N. The summed E-state index contributed by atoms with van der Waals surface area (Å²) in [5.74, 6) is 0. The highest BCUT2D eigenvalue weighted by Gasteiger charge is 2.09. The zero-order valence-electron chi connectivity index (χ0n) is 10.9. The molecule has 0 saturated carbocycles. The molecule has 0 heterocycles. The van der Waals surface area contributed by atoms with E-state index in [1.54, 1.807) is 0 Å². The van der Waals surface area contributed by atoms with Crippen LogP contribution in [0.1, 0.15) is 24.1 Å². The van der Waals surface area contributed by atoms with Gasteiger partial charge in [0.25, 0.3) is 0 Å². The van der Waals surface area contributed by atoms with E-state index in [0.29, 0.717) is 0 Å². The number of hydrogen-bond donors (Lipinski definition) is 2. The highest BCUT2D eigenvalue weighted by molar-refractivity contribution is 9.10. The van der Waals surface area contributed by atoms with Gasteiger partial charge in [0.1, 0.15) is 0 Å². The Morgan fingerprint density at radius 1 is 1.11 bits per heavy atom. The number of halogens is 2. The standard InChI is InChI=1S/C15H16Br2N2/c1-9-7-15(13(17)8-14(9)18)19-10(2)11-3-5-12(16)6-4-11/h3-8,10,19H,18H2,1-2H3. The molecule has 0 amide bonds. The topological polar surface area (TPSA) is 38.0 Å². The molecule has 0 fully saturated rings. The van der Waals surface area contributed by atoms with E-state index < -0.39 is 0 Å². The Hall–Kier alpha value is -1.00.